The molecule has 0 aliphatic heterocycles. The molecule has 0 atom stereocenters. The van der Waals surface area contributed by atoms with Crippen LogP contribution in [0.2, 0.25) is 0 Å². The predicted octanol–water partition coefficient (Wildman–Crippen LogP) is 7.35. The number of fused-ring (bicyclic) bond motifs is 2. The van der Waals surface area contributed by atoms with Crippen molar-refractivity contribution in [1.82, 2.24) is 0 Å². The molecule has 3 aromatic rings. The van der Waals surface area contributed by atoms with Gasteiger partial charge in [0, 0.05) is 0 Å². The summed E-state index contributed by atoms with van der Waals surface area (Å²) in [4.78, 5) is 0. The van der Waals surface area contributed by atoms with E-state index in [1.807, 2.05) is 0 Å². The van der Waals surface area contributed by atoms with E-state index in [-0.39, 0.29) is 0 Å². The van der Waals surface area contributed by atoms with Crippen LogP contribution < -0.4 is 0 Å². The molecule has 1 aliphatic rings. The minimum atomic E-state index is 1.17. The molecule has 0 saturated heterocycles. The normalized spacial score (nSPS) is 13.4. The number of hydrogen-bond donors (Lipinski definition) is 0. The quantitative estimate of drug-likeness (QED) is 0.395. The van der Waals surface area contributed by atoms with E-state index in [9.17, 15) is 0 Å². The van der Waals surface area contributed by atoms with Crippen molar-refractivity contribution < 1.29 is 0 Å². The van der Waals surface area contributed by atoms with Crippen LogP contribution in [0.15, 0.2) is 66.7 Å². The SMILES string of the molecule is CCCCCCCc1ccc2ccccc2c1[C]1C=Cc2ccccc21. The first-order chi connectivity index (χ1) is 12.9. The lowest BCUT2D eigenvalue weighted by Crippen LogP contribution is -2.04. The fraction of sp³-hybridized carbons (Fsp3) is 0.269. The summed E-state index contributed by atoms with van der Waals surface area (Å²) in [6.45, 7) is 2.28. The molecule has 0 heterocycles. The molecule has 0 fully saturated rings. The van der Waals surface area contributed by atoms with Gasteiger partial charge in [-0.05, 0) is 45.9 Å². The summed E-state index contributed by atoms with van der Waals surface area (Å²) in [7, 11) is 0. The summed E-state index contributed by atoms with van der Waals surface area (Å²) < 4.78 is 0. The first-order valence-electron chi connectivity index (χ1n) is 10.0. The van der Waals surface area contributed by atoms with E-state index in [1.54, 1.807) is 0 Å². The third-order valence-corrected chi connectivity index (χ3v) is 5.51. The molecule has 0 N–H and O–H groups in total. The van der Waals surface area contributed by atoms with Crippen LogP contribution in [0.1, 0.15) is 61.3 Å². The van der Waals surface area contributed by atoms with E-state index in [2.05, 4.69) is 79.7 Å². The standard InChI is InChI=1S/C26H27/c1-2-3-4-5-6-13-22-17-16-21-12-8-10-15-24(21)26(22)25-19-18-20-11-7-9-14-23(20)25/h7-12,14-19H,2-6,13H2,1H3. The Labute approximate surface area is 157 Å². The molecule has 0 bridgehead atoms. The number of hydrogen-bond acceptors (Lipinski definition) is 0. The highest BCUT2D eigenvalue weighted by atomic mass is 14.3. The van der Waals surface area contributed by atoms with Gasteiger partial charge in [-0.3, -0.25) is 0 Å². The molecule has 4 rings (SSSR count). The van der Waals surface area contributed by atoms with E-state index in [0.717, 1.165) is 0 Å². The Bertz CT molecular complexity index is 916. The fourth-order valence-corrected chi connectivity index (χ4v) is 4.13. The van der Waals surface area contributed by atoms with Crippen molar-refractivity contribution in [2.75, 3.05) is 0 Å². The van der Waals surface area contributed by atoms with Gasteiger partial charge in [0.15, 0.2) is 0 Å². The molecular weight excluding hydrogens is 312 g/mol. The summed E-state index contributed by atoms with van der Waals surface area (Å²) in [6.07, 6.45) is 12.4. The number of benzene rings is 3. The molecule has 0 spiro atoms. The lowest BCUT2D eigenvalue weighted by atomic mass is 9.84. The smallest absolute Gasteiger partial charge is 0.0572 e. The monoisotopic (exact) mass is 339 g/mol. The second-order valence-corrected chi connectivity index (χ2v) is 7.32. The highest BCUT2D eigenvalue weighted by molar-refractivity contribution is 5.92. The Hall–Kier alpha value is -2.34. The molecule has 0 heteroatoms. The van der Waals surface area contributed by atoms with Crippen molar-refractivity contribution in [3.63, 3.8) is 0 Å². The lowest BCUT2D eigenvalue weighted by Gasteiger charge is -2.19. The zero-order valence-electron chi connectivity index (χ0n) is 15.7. The van der Waals surface area contributed by atoms with Crippen molar-refractivity contribution in [3.8, 4) is 0 Å². The van der Waals surface area contributed by atoms with Crippen molar-refractivity contribution in [2.45, 2.75) is 45.4 Å². The second kappa shape index (κ2) is 7.91. The second-order valence-electron chi connectivity index (χ2n) is 7.32. The van der Waals surface area contributed by atoms with Gasteiger partial charge in [0.05, 0.1) is 5.92 Å². The summed E-state index contributed by atoms with van der Waals surface area (Å²) in [6, 6.07) is 22.2. The van der Waals surface area contributed by atoms with Crippen molar-refractivity contribution >= 4 is 16.8 Å². The third kappa shape index (κ3) is 3.33. The third-order valence-electron chi connectivity index (χ3n) is 5.51. The Morgan fingerprint density at radius 2 is 1.50 bits per heavy atom. The minimum Gasteiger partial charge on any atom is -0.0674 e. The van der Waals surface area contributed by atoms with Gasteiger partial charge in [0.25, 0.3) is 0 Å². The Morgan fingerprint density at radius 1 is 0.692 bits per heavy atom. The van der Waals surface area contributed by atoms with Crippen LogP contribution in [0.5, 0.6) is 0 Å². The molecule has 0 unspecified atom stereocenters. The largest absolute Gasteiger partial charge is 0.0674 e. The van der Waals surface area contributed by atoms with Crippen molar-refractivity contribution in [3.05, 3.63) is 94.9 Å². The van der Waals surface area contributed by atoms with Gasteiger partial charge in [-0.15, -0.1) is 0 Å². The number of rotatable bonds is 7. The van der Waals surface area contributed by atoms with Crippen LogP contribution in [0.4, 0.5) is 0 Å². The number of aryl methyl sites for hydroxylation is 1. The van der Waals surface area contributed by atoms with Crippen LogP contribution in [0.3, 0.4) is 0 Å². The number of allylic oxidation sites excluding steroid dienone is 1. The molecule has 26 heavy (non-hydrogen) atoms. The maximum absolute atomic E-state index is 2.36. The molecule has 1 aliphatic carbocycles. The van der Waals surface area contributed by atoms with Gasteiger partial charge in [-0.2, -0.15) is 0 Å². The molecule has 0 nitrogen and oxygen atoms in total. The molecule has 0 aromatic heterocycles. The van der Waals surface area contributed by atoms with Gasteiger partial charge in [-0.25, -0.2) is 0 Å². The fourth-order valence-electron chi connectivity index (χ4n) is 4.13. The molecule has 3 aromatic carbocycles. The van der Waals surface area contributed by atoms with Crippen LogP contribution in [0.25, 0.3) is 16.8 Å². The average Bonchev–Trinajstić information content (AvgIpc) is 3.11. The zero-order chi connectivity index (χ0) is 17.8. The van der Waals surface area contributed by atoms with E-state index < -0.39 is 0 Å². The molecule has 0 amide bonds. The van der Waals surface area contributed by atoms with Gasteiger partial charge in [0.1, 0.15) is 0 Å². The number of unbranched alkanes of at least 4 members (excludes halogenated alkanes) is 4. The maximum Gasteiger partial charge on any atom is 0.0572 e. The zero-order valence-corrected chi connectivity index (χ0v) is 15.7. The van der Waals surface area contributed by atoms with E-state index in [1.165, 1.54) is 77.5 Å². The predicted molar refractivity (Wildman–Crippen MR) is 113 cm³/mol. The average molecular weight is 340 g/mol. The highest BCUT2D eigenvalue weighted by Crippen LogP contribution is 2.39. The molecule has 0 saturated carbocycles. The molecule has 1 radical (unpaired) electrons. The first kappa shape index (κ1) is 17.1. The van der Waals surface area contributed by atoms with Crippen molar-refractivity contribution in [2.24, 2.45) is 0 Å². The summed E-state index contributed by atoms with van der Waals surface area (Å²) >= 11 is 0. The first-order valence-corrected chi connectivity index (χ1v) is 10.0. The van der Waals surface area contributed by atoms with Gasteiger partial charge >= 0.3 is 0 Å². The van der Waals surface area contributed by atoms with Crippen LogP contribution >= 0.6 is 0 Å². The van der Waals surface area contributed by atoms with E-state index >= 15 is 0 Å². The summed E-state index contributed by atoms with van der Waals surface area (Å²) in [5.74, 6) is 1.39. The highest BCUT2D eigenvalue weighted by Gasteiger charge is 2.23. The van der Waals surface area contributed by atoms with Gasteiger partial charge < -0.3 is 0 Å². The van der Waals surface area contributed by atoms with Crippen molar-refractivity contribution in [1.29, 1.82) is 0 Å². The Kier molecular flexibility index (Phi) is 5.20. The van der Waals surface area contributed by atoms with E-state index in [4.69, 9.17) is 0 Å². The van der Waals surface area contributed by atoms with Crippen LogP contribution in [0, 0.1) is 5.92 Å². The topological polar surface area (TPSA) is 0 Å². The van der Waals surface area contributed by atoms with Crippen LogP contribution in [-0.4, -0.2) is 0 Å². The Balaban J connectivity index is 1.71. The Morgan fingerprint density at radius 3 is 2.42 bits per heavy atom. The minimum absolute atomic E-state index is 1.17. The van der Waals surface area contributed by atoms with Gasteiger partial charge in [0.2, 0.25) is 0 Å². The molecular formula is C26H27. The maximum atomic E-state index is 2.36. The summed E-state index contributed by atoms with van der Waals surface area (Å²) in [5, 5.41) is 2.72. The van der Waals surface area contributed by atoms with Gasteiger partial charge in [-0.1, -0.05) is 105 Å². The lowest BCUT2D eigenvalue weighted by molar-refractivity contribution is 0.631. The van der Waals surface area contributed by atoms with Crippen LogP contribution in [-0.2, 0) is 6.42 Å². The molecule has 131 valence electrons. The summed E-state index contributed by atoms with van der Waals surface area (Å²) in [5.41, 5.74) is 5.65. The van der Waals surface area contributed by atoms with E-state index in [0.29, 0.717) is 0 Å².